The maximum Gasteiger partial charge on any atom is 0.267 e. The first kappa shape index (κ1) is 21.6. The Labute approximate surface area is 196 Å². The lowest BCUT2D eigenvalue weighted by Gasteiger charge is -2.29. The summed E-state index contributed by atoms with van der Waals surface area (Å²) in [5.41, 5.74) is 1.88. The molecule has 0 radical (unpaired) electrons. The van der Waals surface area contributed by atoms with Crippen molar-refractivity contribution in [3.63, 3.8) is 0 Å². The number of pyridine rings is 1. The van der Waals surface area contributed by atoms with E-state index >= 15 is 0 Å². The summed E-state index contributed by atoms with van der Waals surface area (Å²) in [7, 11) is 0. The summed E-state index contributed by atoms with van der Waals surface area (Å²) in [5.74, 6) is 0.497. The number of hydrogen-bond acceptors (Lipinski definition) is 7. The lowest BCUT2D eigenvalue weighted by molar-refractivity contribution is -0.123. The van der Waals surface area contributed by atoms with Gasteiger partial charge in [-0.1, -0.05) is 30.0 Å². The Kier molecular flexibility index (Phi) is 6.05. The Bertz CT molecular complexity index is 1160. The zero-order valence-corrected chi connectivity index (χ0v) is 19.7. The van der Waals surface area contributed by atoms with E-state index in [9.17, 15) is 9.59 Å². The predicted molar refractivity (Wildman–Crippen MR) is 131 cm³/mol. The largest absolute Gasteiger partial charge is 0.376 e. The van der Waals surface area contributed by atoms with Crippen molar-refractivity contribution in [2.75, 3.05) is 31.1 Å². The van der Waals surface area contributed by atoms with Crippen LogP contribution in [-0.4, -0.2) is 56.9 Å². The molecule has 0 aromatic carbocycles. The van der Waals surface area contributed by atoms with E-state index in [1.165, 1.54) is 18.2 Å². The van der Waals surface area contributed by atoms with Crippen LogP contribution in [0.3, 0.4) is 0 Å². The Morgan fingerprint density at radius 2 is 2.03 bits per heavy atom. The van der Waals surface area contributed by atoms with E-state index in [4.69, 9.17) is 21.9 Å². The molecule has 0 saturated carbocycles. The third-order valence-electron chi connectivity index (χ3n) is 6.20. The highest BCUT2D eigenvalue weighted by Crippen LogP contribution is 2.34. The molecule has 0 aliphatic carbocycles. The normalized spacial score (nSPS) is 23.2. The van der Waals surface area contributed by atoms with Gasteiger partial charge in [-0.05, 0) is 56.7 Å². The molecule has 0 N–H and O–H groups in total. The molecule has 168 valence electrons. The number of thiocarbonyl (C=S) groups is 1. The molecular formula is C23H26N4O3S2. The molecule has 1 atom stereocenters. The molecule has 32 heavy (non-hydrogen) atoms. The molecular weight excluding hydrogens is 444 g/mol. The number of hydrogen-bond donors (Lipinski definition) is 0. The van der Waals surface area contributed by atoms with Gasteiger partial charge in [-0.15, -0.1) is 0 Å². The van der Waals surface area contributed by atoms with Crippen molar-refractivity contribution in [1.82, 2.24) is 14.3 Å². The fraction of sp³-hybridized carbons (Fsp3) is 0.478. The van der Waals surface area contributed by atoms with Gasteiger partial charge < -0.3 is 9.64 Å². The number of amides is 1. The van der Waals surface area contributed by atoms with Gasteiger partial charge in [-0.2, -0.15) is 0 Å². The Morgan fingerprint density at radius 3 is 2.78 bits per heavy atom. The van der Waals surface area contributed by atoms with Crippen LogP contribution in [0.4, 0.5) is 5.82 Å². The average Bonchev–Trinajstić information content (AvgIpc) is 3.40. The number of rotatable bonds is 4. The number of anilines is 1. The third-order valence-corrected chi connectivity index (χ3v) is 7.58. The van der Waals surface area contributed by atoms with Gasteiger partial charge in [0, 0.05) is 25.9 Å². The van der Waals surface area contributed by atoms with Crippen LogP contribution in [0.25, 0.3) is 11.7 Å². The minimum absolute atomic E-state index is 0.0247. The van der Waals surface area contributed by atoms with E-state index in [-0.39, 0.29) is 17.6 Å². The van der Waals surface area contributed by atoms with Crippen LogP contribution < -0.4 is 10.5 Å². The van der Waals surface area contributed by atoms with Crippen molar-refractivity contribution in [2.24, 2.45) is 0 Å². The molecule has 2 aromatic heterocycles. The summed E-state index contributed by atoms with van der Waals surface area (Å²) in [6.07, 6.45) is 8.78. The first-order valence-electron chi connectivity index (χ1n) is 11.2. The molecule has 7 nitrogen and oxygen atoms in total. The Morgan fingerprint density at radius 1 is 1.22 bits per heavy atom. The average molecular weight is 471 g/mol. The van der Waals surface area contributed by atoms with E-state index in [0.717, 1.165) is 50.9 Å². The molecule has 1 amide bonds. The molecule has 3 fully saturated rings. The number of aryl methyl sites for hydroxylation is 1. The summed E-state index contributed by atoms with van der Waals surface area (Å²) in [4.78, 5) is 35.8. The van der Waals surface area contributed by atoms with Crippen molar-refractivity contribution >= 4 is 51.7 Å². The smallest absolute Gasteiger partial charge is 0.267 e. The van der Waals surface area contributed by atoms with Gasteiger partial charge in [-0.3, -0.25) is 18.9 Å². The zero-order valence-electron chi connectivity index (χ0n) is 18.1. The molecule has 1 unspecified atom stereocenters. The molecule has 0 bridgehead atoms. The van der Waals surface area contributed by atoms with Gasteiger partial charge in [0.15, 0.2) is 0 Å². The summed E-state index contributed by atoms with van der Waals surface area (Å²) < 4.78 is 7.78. The molecule has 5 heterocycles. The molecule has 3 aliphatic heterocycles. The number of nitrogens with zero attached hydrogens (tertiary/aromatic N) is 4. The van der Waals surface area contributed by atoms with Crippen LogP contribution >= 0.6 is 24.0 Å². The number of carbonyl (C=O) groups is 1. The number of fused-ring (bicyclic) bond motifs is 1. The highest BCUT2D eigenvalue weighted by molar-refractivity contribution is 8.26. The van der Waals surface area contributed by atoms with E-state index in [0.29, 0.717) is 32.8 Å². The minimum Gasteiger partial charge on any atom is -0.376 e. The Balaban J connectivity index is 1.57. The molecule has 9 heteroatoms. The van der Waals surface area contributed by atoms with E-state index in [1.807, 2.05) is 19.1 Å². The van der Waals surface area contributed by atoms with Crippen molar-refractivity contribution in [2.45, 2.75) is 45.1 Å². The van der Waals surface area contributed by atoms with Gasteiger partial charge >= 0.3 is 0 Å². The van der Waals surface area contributed by atoms with Crippen molar-refractivity contribution in [1.29, 1.82) is 0 Å². The van der Waals surface area contributed by atoms with Crippen LogP contribution in [0.1, 0.15) is 43.2 Å². The first-order chi connectivity index (χ1) is 15.5. The Hall–Kier alpha value is -2.23. The summed E-state index contributed by atoms with van der Waals surface area (Å²) >= 11 is 6.74. The highest BCUT2D eigenvalue weighted by Gasteiger charge is 2.35. The number of ether oxygens (including phenoxy) is 1. The monoisotopic (exact) mass is 470 g/mol. The summed E-state index contributed by atoms with van der Waals surface area (Å²) in [6, 6.07) is 3.83. The first-order valence-corrected chi connectivity index (χ1v) is 12.4. The van der Waals surface area contributed by atoms with Gasteiger partial charge in [0.05, 0.1) is 23.1 Å². The minimum atomic E-state index is -0.163. The van der Waals surface area contributed by atoms with E-state index in [2.05, 4.69) is 4.90 Å². The van der Waals surface area contributed by atoms with Gasteiger partial charge in [0.2, 0.25) is 0 Å². The second kappa shape index (κ2) is 8.96. The topological polar surface area (TPSA) is 67.2 Å². The molecule has 5 rings (SSSR count). The predicted octanol–water partition coefficient (Wildman–Crippen LogP) is 3.37. The van der Waals surface area contributed by atoms with Gasteiger partial charge in [0.25, 0.3) is 11.5 Å². The highest BCUT2D eigenvalue weighted by atomic mass is 32.2. The number of aromatic nitrogens is 2. The van der Waals surface area contributed by atoms with Crippen LogP contribution in [0.2, 0.25) is 0 Å². The zero-order chi connectivity index (χ0) is 22.2. The van der Waals surface area contributed by atoms with E-state index in [1.54, 1.807) is 21.6 Å². The fourth-order valence-electron chi connectivity index (χ4n) is 4.50. The third kappa shape index (κ3) is 4.09. The van der Waals surface area contributed by atoms with E-state index < -0.39 is 0 Å². The molecule has 0 spiro atoms. The summed E-state index contributed by atoms with van der Waals surface area (Å²) in [5, 5.41) is 0. The SMILES string of the molecule is Cc1ccc2nc(N3CCCCC3)c(/C=C3\SC(=S)N(CC4CCCO4)C3=O)c(=O)n2c1. The van der Waals surface area contributed by atoms with Crippen LogP contribution in [0.5, 0.6) is 0 Å². The fourth-order valence-corrected chi connectivity index (χ4v) is 5.76. The number of carbonyl (C=O) groups excluding carboxylic acids is 1. The number of piperidine rings is 1. The lowest BCUT2D eigenvalue weighted by Crippen LogP contribution is -2.35. The molecule has 3 aliphatic rings. The second-order valence-corrected chi connectivity index (χ2v) is 10.2. The van der Waals surface area contributed by atoms with Crippen LogP contribution in [-0.2, 0) is 9.53 Å². The maximum atomic E-state index is 13.5. The standard InChI is InChI=1S/C23H26N4O3S2/c1-15-7-8-19-24-20(25-9-3-2-4-10-25)17(21(28)26(19)13-15)12-18-22(29)27(23(31)32-18)14-16-6-5-11-30-16/h7-8,12-13,16H,2-6,9-11,14H2,1H3/b18-12-. The maximum absolute atomic E-state index is 13.5. The van der Waals surface area contributed by atoms with Crippen molar-refractivity contribution < 1.29 is 9.53 Å². The van der Waals surface area contributed by atoms with Crippen LogP contribution in [0, 0.1) is 6.92 Å². The van der Waals surface area contributed by atoms with Crippen molar-refractivity contribution in [3.05, 3.63) is 44.7 Å². The second-order valence-electron chi connectivity index (χ2n) is 8.56. The van der Waals surface area contributed by atoms with Gasteiger partial charge in [-0.25, -0.2) is 4.98 Å². The summed E-state index contributed by atoms with van der Waals surface area (Å²) in [6.45, 7) is 4.85. The van der Waals surface area contributed by atoms with Gasteiger partial charge in [0.1, 0.15) is 15.8 Å². The van der Waals surface area contributed by atoms with Crippen molar-refractivity contribution in [3.8, 4) is 0 Å². The number of thioether (sulfide) groups is 1. The molecule has 3 saturated heterocycles. The lowest BCUT2D eigenvalue weighted by atomic mass is 10.1. The van der Waals surface area contributed by atoms with Crippen LogP contribution in [0.15, 0.2) is 28.0 Å². The quantitative estimate of drug-likeness (QED) is 0.501. The molecule has 2 aromatic rings.